The van der Waals surface area contributed by atoms with Crippen molar-refractivity contribution in [2.75, 3.05) is 0 Å². The van der Waals surface area contributed by atoms with Crippen LogP contribution in [-0.2, 0) is 0 Å². The fraction of sp³-hybridized carbons (Fsp3) is 0.929. The molecule has 0 aliphatic heterocycles. The van der Waals surface area contributed by atoms with E-state index < -0.39 is 0 Å². The molecule has 4 rings (SSSR count). The Morgan fingerprint density at radius 2 is 1.64 bits per heavy atom. The van der Waals surface area contributed by atoms with Crippen LogP contribution in [0.2, 0.25) is 0 Å². The maximum Gasteiger partial charge on any atom is -0.0143 e. The summed E-state index contributed by atoms with van der Waals surface area (Å²) in [7, 11) is 0. The van der Waals surface area contributed by atoms with E-state index in [4.69, 9.17) is 0 Å². The largest absolute Gasteiger partial charge is 0.0844 e. The maximum atomic E-state index is 2.79. The highest BCUT2D eigenvalue weighted by Crippen LogP contribution is 2.67. The van der Waals surface area contributed by atoms with Crippen LogP contribution in [0, 0.1) is 52.3 Å². The quantitative estimate of drug-likeness (QED) is 0.416. The summed E-state index contributed by atoms with van der Waals surface area (Å²) in [6.07, 6.45) is 19.0. The minimum Gasteiger partial charge on any atom is -0.0844 e. The van der Waals surface area contributed by atoms with Crippen molar-refractivity contribution in [3.05, 3.63) is 11.6 Å². The molecule has 28 heavy (non-hydrogen) atoms. The molecule has 0 aromatic heterocycles. The van der Waals surface area contributed by atoms with Gasteiger partial charge in [-0.1, -0.05) is 78.9 Å². The third-order valence-corrected chi connectivity index (χ3v) is 10.5. The summed E-state index contributed by atoms with van der Waals surface area (Å²) in [6, 6.07) is 0. The lowest BCUT2D eigenvalue weighted by molar-refractivity contribution is -0.0187. The predicted octanol–water partition coefficient (Wildman–Crippen LogP) is 8.66. The van der Waals surface area contributed by atoms with Crippen LogP contribution in [0.15, 0.2) is 11.6 Å². The van der Waals surface area contributed by atoms with Gasteiger partial charge in [-0.2, -0.15) is 0 Å². The summed E-state index contributed by atoms with van der Waals surface area (Å²) < 4.78 is 0. The van der Waals surface area contributed by atoms with Crippen LogP contribution in [0.5, 0.6) is 0 Å². The van der Waals surface area contributed by atoms with Crippen molar-refractivity contribution < 1.29 is 0 Å². The zero-order valence-electron chi connectivity index (χ0n) is 19.9. The summed E-state index contributed by atoms with van der Waals surface area (Å²) in [4.78, 5) is 0. The average molecular weight is 385 g/mol. The normalized spacial score (nSPS) is 46.5. The fourth-order valence-corrected chi connectivity index (χ4v) is 8.75. The molecule has 3 fully saturated rings. The summed E-state index contributed by atoms with van der Waals surface area (Å²) in [5.74, 6) is 6.55. The van der Waals surface area contributed by atoms with E-state index in [1.165, 1.54) is 70.6 Å². The molecule has 2 unspecified atom stereocenters. The molecule has 0 N–H and O–H groups in total. The minimum atomic E-state index is 0.602. The number of hydrogen-bond donors (Lipinski definition) is 0. The second-order valence-electron chi connectivity index (χ2n) is 12.7. The molecule has 4 aliphatic carbocycles. The SMILES string of the molecule is CC(C)CCC[C@@H](C)[C@H]1CC[C@H]2C3=CCC4CC(C)CC[C@]4(C)[C@H]3CC[C@]12C. The molecular weight excluding hydrogens is 336 g/mol. The van der Waals surface area contributed by atoms with Gasteiger partial charge in [0.15, 0.2) is 0 Å². The van der Waals surface area contributed by atoms with E-state index in [0.29, 0.717) is 10.8 Å². The van der Waals surface area contributed by atoms with Gasteiger partial charge in [0.1, 0.15) is 0 Å². The van der Waals surface area contributed by atoms with Gasteiger partial charge in [0, 0.05) is 0 Å². The first-order valence-corrected chi connectivity index (χ1v) is 13.0. The Balaban J connectivity index is 1.50. The first-order chi connectivity index (χ1) is 13.3. The molecule has 8 atom stereocenters. The predicted molar refractivity (Wildman–Crippen MR) is 122 cm³/mol. The standard InChI is InChI=1S/C28H48/c1-19(2)8-7-9-21(4)24-12-13-25-23-11-10-22-18-20(3)14-16-27(22,5)26(23)15-17-28(24,25)6/h11,19-22,24-26H,7-10,12-18H2,1-6H3/t20?,21-,22?,24-,25+,26+,27+,28-/m1/s1. The minimum absolute atomic E-state index is 0.602. The molecule has 0 heterocycles. The third kappa shape index (κ3) is 3.43. The van der Waals surface area contributed by atoms with E-state index in [2.05, 4.69) is 47.6 Å². The second-order valence-corrected chi connectivity index (χ2v) is 12.7. The van der Waals surface area contributed by atoms with Crippen molar-refractivity contribution in [1.82, 2.24) is 0 Å². The van der Waals surface area contributed by atoms with Gasteiger partial charge >= 0.3 is 0 Å². The molecule has 160 valence electrons. The zero-order chi connectivity index (χ0) is 20.1. The van der Waals surface area contributed by atoms with Crippen LogP contribution >= 0.6 is 0 Å². The van der Waals surface area contributed by atoms with E-state index >= 15 is 0 Å². The Kier molecular flexibility index (Phi) is 5.83. The number of allylic oxidation sites excluding steroid dienone is 2. The Morgan fingerprint density at radius 1 is 0.929 bits per heavy atom. The Morgan fingerprint density at radius 3 is 2.39 bits per heavy atom. The molecule has 3 saturated carbocycles. The van der Waals surface area contributed by atoms with Gasteiger partial charge in [-0.05, 0) is 97.2 Å². The molecule has 0 radical (unpaired) electrons. The lowest BCUT2D eigenvalue weighted by atomic mass is 9.47. The smallest absolute Gasteiger partial charge is 0.0143 e. The molecular formula is C28H48. The highest BCUT2D eigenvalue weighted by molar-refractivity contribution is 5.27. The topological polar surface area (TPSA) is 0 Å². The van der Waals surface area contributed by atoms with Crippen LogP contribution in [0.25, 0.3) is 0 Å². The molecule has 0 aromatic carbocycles. The van der Waals surface area contributed by atoms with Crippen molar-refractivity contribution in [2.24, 2.45) is 52.3 Å². The van der Waals surface area contributed by atoms with E-state index in [0.717, 1.165) is 41.4 Å². The van der Waals surface area contributed by atoms with Crippen LogP contribution in [0.1, 0.15) is 112 Å². The molecule has 0 heteroatoms. The van der Waals surface area contributed by atoms with Gasteiger partial charge in [0.05, 0.1) is 0 Å². The second kappa shape index (κ2) is 7.77. The highest BCUT2D eigenvalue weighted by atomic mass is 14.6. The molecule has 4 aliphatic rings. The summed E-state index contributed by atoms with van der Waals surface area (Å²) in [6.45, 7) is 15.3. The van der Waals surface area contributed by atoms with Crippen LogP contribution in [0.3, 0.4) is 0 Å². The first-order valence-electron chi connectivity index (χ1n) is 13.0. The van der Waals surface area contributed by atoms with Crippen molar-refractivity contribution in [1.29, 1.82) is 0 Å². The lowest BCUT2D eigenvalue weighted by Gasteiger charge is -2.58. The van der Waals surface area contributed by atoms with Crippen LogP contribution < -0.4 is 0 Å². The van der Waals surface area contributed by atoms with Gasteiger partial charge in [0.2, 0.25) is 0 Å². The Bertz CT molecular complexity index is 585. The zero-order valence-corrected chi connectivity index (χ0v) is 19.9. The van der Waals surface area contributed by atoms with Gasteiger partial charge in [0.25, 0.3) is 0 Å². The van der Waals surface area contributed by atoms with E-state index in [1.807, 2.05) is 5.57 Å². The lowest BCUT2D eigenvalue weighted by Crippen LogP contribution is -2.49. The average Bonchev–Trinajstić information content (AvgIpc) is 2.99. The van der Waals surface area contributed by atoms with Crippen molar-refractivity contribution in [2.45, 2.75) is 112 Å². The van der Waals surface area contributed by atoms with Crippen molar-refractivity contribution in [3.63, 3.8) is 0 Å². The van der Waals surface area contributed by atoms with Crippen molar-refractivity contribution in [3.8, 4) is 0 Å². The Labute approximate surface area is 176 Å². The van der Waals surface area contributed by atoms with E-state index in [1.54, 1.807) is 0 Å². The van der Waals surface area contributed by atoms with E-state index in [9.17, 15) is 0 Å². The number of hydrogen-bond acceptors (Lipinski definition) is 0. The van der Waals surface area contributed by atoms with Gasteiger partial charge < -0.3 is 0 Å². The van der Waals surface area contributed by atoms with Gasteiger partial charge in [-0.15, -0.1) is 0 Å². The molecule has 0 saturated heterocycles. The van der Waals surface area contributed by atoms with Gasteiger partial charge in [-0.3, -0.25) is 0 Å². The molecule has 0 bridgehead atoms. The monoisotopic (exact) mass is 384 g/mol. The molecule has 0 amide bonds. The summed E-state index contributed by atoms with van der Waals surface area (Å²) in [5.41, 5.74) is 3.18. The molecule has 0 spiro atoms. The number of fused-ring (bicyclic) bond motifs is 5. The third-order valence-electron chi connectivity index (χ3n) is 10.5. The first kappa shape index (κ1) is 21.0. The van der Waals surface area contributed by atoms with Crippen LogP contribution in [-0.4, -0.2) is 0 Å². The molecule has 0 nitrogen and oxygen atoms in total. The summed E-state index contributed by atoms with van der Waals surface area (Å²) >= 11 is 0. The fourth-order valence-electron chi connectivity index (χ4n) is 8.75. The van der Waals surface area contributed by atoms with Crippen LogP contribution in [0.4, 0.5) is 0 Å². The highest BCUT2D eigenvalue weighted by Gasteiger charge is 2.57. The van der Waals surface area contributed by atoms with E-state index in [-0.39, 0.29) is 0 Å². The van der Waals surface area contributed by atoms with Crippen molar-refractivity contribution >= 4 is 0 Å². The molecule has 0 aromatic rings. The number of rotatable bonds is 5. The summed E-state index contributed by atoms with van der Waals surface area (Å²) in [5, 5.41) is 0. The Hall–Kier alpha value is -0.260. The van der Waals surface area contributed by atoms with Gasteiger partial charge in [-0.25, -0.2) is 0 Å². The maximum absolute atomic E-state index is 2.79.